The van der Waals surface area contributed by atoms with E-state index in [9.17, 15) is 21.9 Å². The monoisotopic (exact) mass is 1020 g/mol. The zero-order valence-corrected chi connectivity index (χ0v) is 47.1. The number of methoxy groups -OCH3 is 1. The van der Waals surface area contributed by atoms with E-state index in [1.54, 1.807) is 19.2 Å². The van der Waals surface area contributed by atoms with Crippen LogP contribution in [0.15, 0.2) is 53.5 Å². The van der Waals surface area contributed by atoms with Gasteiger partial charge in [-0.25, -0.2) is 8.42 Å². The highest BCUT2D eigenvalue weighted by Gasteiger charge is 2.50. The Morgan fingerprint density at radius 1 is 0.881 bits per heavy atom. The topological polar surface area (TPSA) is 162 Å². The molecular weight excluding hydrogens is 929 g/mol. The van der Waals surface area contributed by atoms with Crippen LogP contribution >= 0.6 is 0 Å². The summed E-state index contributed by atoms with van der Waals surface area (Å²) in [5.41, 5.74) is 2.47. The van der Waals surface area contributed by atoms with Crippen LogP contribution in [0.2, 0.25) is 36.3 Å². The number of hydrogen-bond acceptors (Lipinski definition) is 13. The molecule has 1 unspecified atom stereocenters. The molecule has 0 saturated carbocycles. The molecule has 10 atom stereocenters. The predicted molar refractivity (Wildman–Crippen MR) is 270 cm³/mol. The van der Waals surface area contributed by atoms with Gasteiger partial charge in [0.2, 0.25) is 0 Å². The fourth-order valence-electron chi connectivity index (χ4n) is 8.82. The smallest absolute Gasteiger partial charge is 0.264 e. The van der Waals surface area contributed by atoms with Crippen molar-refractivity contribution >= 4 is 36.6 Å². The molecule has 13 nitrogen and oxygen atoms in total. The van der Waals surface area contributed by atoms with Gasteiger partial charge in [-0.15, -0.1) is 0 Å². The van der Waals surface area contributed by atoms with Crippen molar-refractivity contribution in [2.45, 2.75) is 209 Å². The molecule has 3 fully saturated rings. The summed E-state index contributed by atoms with van der Waals surface area (Å²) in [4.78, 5) is 0.217. The standard InChI is InChI=1S/C50H88O13S2Si2/c1-17-37-18-22-41(23-19-37)65(54,55)33-42-45(61-46(48(42)56-11)30-40(63-67(15,16)50(8,9)10)32-59-66(13,14)49(5,6)7)31-43(51)36(4)34(2)28-39(62-64(12,52)53)20-24-44-35(3)29-38(60-44)21-25-47-57-26-27-58-47/h18-19,22-23,34,38-40,42-48,51H,3-4,17,20-21,24-33H2,1-2,5-16H3/t34-,38-,39+,40?,42-,43+,44-,45-,46+,48+/m0/s1. The minimum absolute atomic E-state index is 0.0184. The molecule has 0 amide bonds. The summed E-state index contributed by atoms with van der Waals surface area (Å²) in [6, 6.07) is 6.99. The van der Waals surface area contributed by atoms with Crippen LogP contribution in [0.4, 0.5) is 0 Å². The summed E-state index contributed by atoms with van der Waals surface area (Å²) in [5.74, 6) is -1.29. The maximum Gasteiger partial charge on any atom is 0.264 e. The van der Waals surface area contributed by atoms with Crippen LogP contribution < -0.4 is 0 Å². The Balaban J connectivity index is 1.55. The lowest BCUT2D eigenvalue weighted by Gasteiger charge is -2.42. The fraction of sp³-hybridized carbons (Fsp3) is 0.800. The second-order valence-corrected chi connectivity index (χ2v) is 35.7. The van der Waals surface area contributed by atoms with E-state index in [-0.39, 0.29) is 64.1 Å². The van der Waals surface area contributed by atoms with Crippen molar-refractivity contribution in [3.63, 3.8) is 0 Å². The Kier molecular flexibility index (Phi) is 20.8. The molecule has 1 aromatic carbocycles. The van der Waals surface area contributed by atoms with Gasteiger partial charge in [-0.3, -0.25) is 4.18 Å². The van der Waals surface area contributed by atoms with Gasteiger partial charge in [0.15, 0.2) is 32.8 Å². The van der Waals surface area contributed by atoms with Crippen LogP contribution in [-0.4, -0.2) is 133 Å². The molecule has 1 N–H and O–H groups in total. The molecule has 1 aromatic rings. The molecule has 3 aliphatic rings. The van der Waals surface area contributed by atoms with Gasteiger partial charge in [0.25, 0.3) is 10.1 Å². The third kappa shape index (κ3) is 16.9. The normalized spacial score (nSPS) is 25.7. The highest BCUT2D eigenvalue weighted by molar-refractivity contribution is 7.91. The van der Waals surface area contributed by atoms with Crippen molar-refractivity contribution in [1.82, 2.24) is 0 Å². The molecule has 4 rings (SSSR count). The lowest BCUT2D eigenvalue weighted by atomic mass is 9.86. The van der Waals surface area contributed by atoms with Gasteiger partial charge in [0.1, 0.15) is 0 Å². The van der Waals surface area contributed by atoms with E-state index in [0.717, 1.165) is 36.7 Å². The molecule has 3 saturated heterocycles. The SMILES string of the molecule is C=C1C[C@H](CCC2OCCO2)O[C@H]1CC[C@H](C[C@H](C)C(=C)[C@H](O)C[C@@H]1O[C@H](CC(CO[Si](C)(C)C(C)(C)C)O[Si](C)(C)C(C)(C)C)[C@H](OC)[C@H]1CS(=O)(=O)c1ccc(CC)cc1)OS(C)(=O)=O. The van der Waals surface area contributed by atoms with Crippen LogP contribution in [0, 0.1) is 11.8 Å². The van der Waals surface area contributed by atoms with E-state index in [2.05, 4.69) is 80.9 Å². The molecule has 67 heavy (non-hydrogen) atoms. The second kappa shape index (κ2) is 23.9. The van der Waals surface area contributed by atoms with Crippen LogP contribution in [-0.2, 0) is 63.1 Å². The quantitative estimate of drug-likeness (QED) is 0.0531. The lowest BCUT2D eigenvalue weighted by Crippen LogP contribution is -2.49. The van der Waals surface area contributed by atoms with Crippen molar-refractivity contribution < 1.29 is 58.7 Å². The number of aliphatic hydroxyl groups excluding tert-OH is 1. The first-order valence-electron chi connectivity index (χ1n) is 24.5. The molecule has 3 heterocycles. The minimum atomic E-state index is -3.83. The van der Waals surface area contributed by atoms with Gasteiger partial charge in [-0.1, -0.05) is 80.7 Å². The number of rotatable bonds is 26. The highest BCUT2D eigenvalue weighted by atomic mass is 32.2. The Bertz CT molecular complexity index is 1970. The summed E-state index contributed by atoms with van der Waals surface area (Å²) < 4.78 is 104. The molecule has 0 bridgehead atoms. The largest absolute Gasteiger partial charge is 0.414 e. The Labute approximate surface area is 407 Å². The first-order chi connectivity index (χ1) is 30.9. The number of sulfone groups is 1. The molecule has 0 radical (unpaired) electrons. The van der Waals surface area contributed by atoms with Gasteiger partial charge in [0, 0.05) is 32.3 Å². The maximum absolute atomic E-state index is 14.3. The van der Waals surface area contributed by atoms with Gasteiger partial charge >= 0.3 is 0 Å². The second-order valence-electron chi connectivity index (χ2n) is 22.5. The zero-order chi connectivity index (χ0) is 50.3. The van der Waals surface area contributed by atoms with E-state index < -0.39 is 73.0 Å². The fourth-order valence-corrected chi connectivity index (χ4v) is 13.5. The number of aryl methyl sites for hydroxylation is 1. The van der Waals surface area contributed by atoms with Crippen LogP contribution in [0.5, 0.6) is 0 Å². The summed E-state index contributed by atoms with van der Waals surface area (Å²) in [6.45, 7) is 36.1. The van der Waals surface area contributed by atoms with Crippen LogP contribution in [0.1, 0.15) is 112 Å². The number of benzene rings is 1. The number of ether oxygens (including phenoxy) is 5. The molecular formula is C50H88O13S2Si2. The van der Waals surface area contributed by atoms with E-state index in [1.165, 1.54) is 0 Å². The third-order valence-electron chi connectivity index (χ3n) is 15.1. The summed E-state index contributed by atoms with van der Waals surface area (Å²) >= 11 is 0. The van der Waals surface area contributed by atoms with Crippen molar-refractivity contribution in [1.29, 1.82) is 0 Å². The number of hydrogen-bond donors (Lipinski definition) is 1. The van der Waals surface area contributed by atoms with E-state index >= 15 is 0 Å². The van der Waals surface area contributed by atoms with E-state index in [4.69, 9.17) is 36.7 Å². The van der Waals surface area contributed by atoms with Gasteiger partial charge < -0.3 is 37.6 Å². The zero-order valence-electron chi connectivity index (χ0n) is 43.4. The number of aliphatic hydroxyl groups is 1. The summed E-state index contributed by atoms with van der Waals surface area (Å²) in [7, 11) is -10.6. The average Bonchev–Trinajstić information content (AvgIpc) is 3.95. The van der Waals surface area contributed by atoms with Gasteiger partial charge in [-0.05, 0) is 110 Å². The van der Waals surface area contributed by atoms with Gasteiger partial charge in [-0.2, -0.15) is 8.42 Å². The minimum Gasteiger partial charge on any atom is -0.414 e. The Morgan fingerprint density at radius 3 is 2.04 bits per heavy atom. The maximum atomic E-state index is 14.3. The molecule has 0 spiro atoms. The van der Waals surface area contributed by atoms with E-state index in [0.29, 0.717) is 51.1 Å². The lowest BCUT2D eigenvalue weighted by molar-refractivity contribution is -0.0588. The summed E-state index contributed by atoms with van der Waals surface area (Å²) in [5, 5.41) is 11.9. The average molecular weight is 1020 g/mol. The highest BCUT2D eigenvalue weighted by Crippen LogP contribution is 2.43. The van der Waals surface area contributed by atoms with Crippen LogP contribution in [0.3, 0.4) is 0 Å². The molecule has 386 valence electrons. The first-order valence-corrected chi connectivity index (χ1v) is 33.8. The van der Waals surface area contributed by atoms with Gasteiger partial charge in [0.05, 0.1) is 85.6 Å². The van der Waals surface area contributed by atoms with Crippen molar-refractivity contribution in [3.8, 4) is 0 Å². The van der Waals surface area contributed by atoms with Crippen molar-refractivity contribution in [2.75, 3.05) is 38.9 Å². The van der Waals surface area contributed by atoms with Crippen LogP contribution in [0.25, 0.3) is 0 Å². The first kappa shape index (κ1) is 58.2. The summed E-state index contributed by atoms with van der Waals surface area (Å²) in [6.07, 6.45) is 1.04. The Hall–Kier alpha value is -1.33. The predicted octanol–water partition coefficient (Wildman–Crippen LogP) is 9.55. The molecule has 3 aliphatic heterocycles. The molecule has 0 aromatic heterocycles. The molecule has 17 heteroatoms. The third-order valence-corrected chi connectivity index (χ3v) is 26.6. The van der Waals surface area contributed by atoms with Crippen molar-refractivity contribution in [2.24, 2.45) is 11.8 Å². The van der Waals surface area contributed by atoms with Crippen molar-refractivity contribution in [3.05, 3.63) is 54.1 Å². The Morgan fingerprint density at radius 2 is 1.49 bits per heavy atom. The molecule has 0 aliphatic carbocycles. The van der Waals surface area contributed by atoms with E-state index in [1.807, 2.05) is 26.0 Å².